The van der Waals surface area contributed by atoms with Crippen molar-refractivity contribution in [1.29, 1.82) is 0 Å². The molecule has 2 N–H and O–H groups in total. The summed E-state index contributed by atoms with van der Waals surface area (Å²) < 4.78 is 42.7. The summed E-state index contributed by atoms with van der Waals surface area (Å²) in [7, 11) is 0. The first kappa shape index (κ1) is 21.8. The zero-order valence-electron chi connectivity index (χ0n) is 17.3. The molecular weight excluding hydrogens is 465 g/mol. The summed E-state index contributed by atoms with van der Waals surface area (Å²) in [6, 6.07) is 15.7. The van der Waals surface area contributed by atoms with Crippen molar-refractivity contribution < 1.29 is 18.0 Å². The highest BCUT2D eigenvalue weighted by Crippen LogP contribution is 2.27. The van der Waals surface area contributed by atoms with E-state index in [1.165, 1.54) is 18.2 Å². The van der Waals surface area contributed by atoms with E-state index >= 15 is 0 Å². The number of thioether (sulfide) groups is 1. The number of hydrogen-bond acceptors (Lipinski definition) is 4. The number of carbonyl (C=O) groups is 1. The zero-order valence-corrected chi connectivity index (χ0v) is 18.1. The Labute approximate surface area is 194 Å². The van der Waals surface area contributed by atoms with Gasteiger partial charge in [0.15, 0.2) is 5.16 Å². The molecule has 0 atom stereocenters. The number of H-pyrrole nitrogens is 1. The maximum atomic E-state index is 14.6. The van der Waals surface area contributed by atoms with Crippen molar-refractivity contribution in [3.8, 4) is 5.69 Å². The molecule has 0 unspecified atom stereocenters. The average Bonchev–Trinajstić information content (AvgIpc) is 3.19. The number of carbonyl (C=O) groups excluding carboxylic acids is 1. The van der Waals surface area contributed by atoms with Gasteiger partial charge >= 0.3 is 0 Å². The molecule has 2 aromatic heterocycles. The molecule has 0 aliphatic heterocycles. The van der Waals surface area contributed by atoms with Crippen LogP contribution in [0.4, 0.5) is 18.9 Å². The Morgan fingerprint density at radius 1 is 1.00 bits per heavy atom. The molecular formula is C24H15F3N4O2S. The van der Waals surface area contributed by atoms with Crippen LogP contribution in [0.25, 0.3) is 27.6 Å². The molecule has 0 radical (unpaired) electrons. The number of aromatic nitrogens is 3. The van der Waals surface area contributed by atoms with E-state index in [0.717, 1.165) is 28.5 Å². The van der Waals surface area contributed by atoms with Gasteiger partial charge < -0.3 is 10.3 Å². The van der Waals surface area contributed by atoms with Gasteiger partial charge in [-0.05, 0) is 30.3 Å². The first-order chi connectivity index (χ1) is 16.4. The maximum absolute atomic E-state index is 14.6. The molecule has 0 aliphatic carbocycles. The summed E-state index contributed by atoms with van der Waals surface area (Å²) in [6.07, 6.45) is 0. The highest BCUT2D eigenvalue weighted by atomic mass is 32.2. The number of benzene rings is 3. The molecule has 6 nitrogen and oxygen atoms in total. The number of nitrogens with one attached hydrogen (secondary N) is 2. The van der Waals surface area contributed by atoms with Crippen molar-refractivity contribution in [1.82, 2.24) is 14.5 Å². The topological polar surface area (TPSA) is 79.8 Å². The minimum atomic E-state index is -0.917. The molecule has 0 bridgehead atoms. The lowest BCUT2D eigenvalue weighted by molar-refractivity contribution is -0.113. The molecule has 0 spiro atoms. The van der Waals surface area contributed by atoms with Crippen LogP contribution in [-0.2, 0) is 4.79 Å². The molecule has 0 aliphatic rings. The van der Waals surface area contributed by atoms with Gasteiger partial charge in [0.05, 0.1) is 17.1 Å². The van der Waals surface area contributed by atoms with Crippen LogP contribution in [0.5, 0.6) is 0 Å². The number of fused-ring (bicyclic) bond motifs is 3. The molecule has 0 fully saturated rings. The summed E-state index contributed by atoms with van der Waals surface area (Å²) in [5.41, 5.74) is 0.548. The van der Waals surface area contributed by atoms with Crippen molar-refractivity contribution in [3.63, 3.8) is 0 Å². The Morgan fingerprint density at radius 3 is 2.56 bits per heavy atom. The van der Waals surface area contributed by atoms with Crippen LogP contribution in [0.15, 0.2) is 76.7 Å². The van der Waals surface area contributed by atoms with Crippen LogP contribution >= 0.6 is 11.8 Å². The van der Waals surface area contributed by atoms with Gasteiger partial charge in [0, 0.05) is 17.0 Å². The third-order valence-corrected chi connectivity index (χ3v) is 6.06. The SMILES string of the molecule is O=C(CSc1nc2c([nH]c3ccccc32)c(=O)n1-c1ccccc1F)Nc1ccc(F)cc1F. The van der Waals surface area contributed by atoms with E-state index < -0.39 is 28.9 Å². The number of aromatic amines is 1. The summed E-state index contributed by atoms with van der Waals surface area (Å²) in [6.45, 7) is 0. The van der Waals surface area contributed by atoms with E-state index in [2.05, 4.69) is 15.3 Å². The first-order valence-electron chi connectivity index (χ1n) is 10.1. The molecule has 2 heterocycles. The van der Waals surface area contributed by atoms with Crippen molar-refractivity contribution in [3.05, 3.63) is 94.5 Å². The normalized spacial score (nSPS) is 11.3. The van der Waals surface area contributed by atoms with Crippen LogP contribution in [0, 0.1) is 17.5 Å². The molecule has 3 aromatic carbocycles. The molecule has 34 heavy (non-hydrogen) atoms. The Bertz CT molecular complexity index is 1630. The van der Waals surface area contributed by atoms with Crippen molar-refractivity contribution in [2.75, 3.05) is 11.1 Å². The fraction of sp³-hybridized carbons (Fsp3) is 0.0417. The molecule has 0 saturated carbocycles. The van der Waals surface area contributed by atoms with E-state index in [4.69, 9.17) is 0 Å². The van der Waals surface area contributed by atoms with Gasteiger partial charge in [-0.2, -0.15) is 0 Å². The fourth-order valence-corrected chi connectivity index (χ4v) is 4.39. The number of hydrogen-bond donors (Lipinski definition) is 2. The second-order valence-electron chi connectivity index (χ2n) is 7.34. The van der Waals surface area contributed by atoms with Gasteiger partial charge in [0.1, 0.15) is 28.5 Å². The minimum Gasteiger partial charge on any atom is -0.349 e. The van der Waals surface area contributed by atoms with Gasteiger partial charge in [0.2, 0.25) is 5.91 Å². The van der Waals surface area contributed by atoms with Crippen LogP contribution < -0.4 is 10.9 Å². The van der Waals surface area contributed by atoms with E-state index in [0.29, 0.717) is 22.5 Å². The Kier molecular flexibility index (Phi) is 5.58. The van der Waals surface area contributed by atoms with Crippen LogP contribution in [0.2, 0.25) is 0 Å². The highest BCUT2D eigenvalue weighted by molar-refractivity contribution is 7.99. The average molecular weight is 480 g/mol. The number of para-hydroxylation sites is 2. The number of rotatable bonds is 5. The van der Waals surface area contributed by atoms with Gasteiger partial charge in [-0.1, -0.05) is 42.1 Å². The first-order valence-corrected chi connectivity index (χ1v) is 11.1. The summed E-state index contributed by atoms with van der Waals surface area (Å²) in [5, 5.41) is 3.15. The van der Waals surface area contributed by atoms with E-state index in [9.17, 15) is 22.8 Å². The van der Waals surface area contributed by atoms with Crippen LogP contribution in [0.3, 0.4) is 0 Å². The Hall–Kier alpha value is -4.05. The maximum Gasteiger partial charge on any atom is 0.283 e. The van der Waals surface area contributed by atoms with E-state index in [1.54, 1.807) is 24.3 Å². The smallest absolute Gasteiger partial charge is 0.283 e. The third-order valence-electron chi connectivity index (χ3n) is 5.13. The summed E-state index contributed by atoms with van der Waals surface area (Å²) in [4.78, 5) is 33.5. The molecule has 1 amide bonds. The Morgan fingerprint density at radius 2 is 1.76 bits per heavy atom. The van der Waals surface area contributed by atoms with Crippen molar-refractivity contribution in [2.24, 2.45) is 0 Å². The molecule has 5 aromatic rings. The lowest BCUT2D eigenvalue weighted by Gasteiger charge is -2.13. The molecule has 170 valence electrons. The number of nitrogens with zero attached hydrogens (tertiary/aromatic N) is 2. The number of halogens is 3. The monoisotopic (exact) mass is 480 g/mol. The van der Waals surface area contributed by atoms with E-state index in [1.807, 2.05) is 6.07 Å². The zero-order chi connectivity index (χ0) is 23.8. The standard InChI is InChI=1S/C24H15F3N4O2S/c25-13-9-10-18(16(27)11-13)28-20(32)12-34-24-30-21-14-5-1-3-7-17(14)29-22(21)23(33)31(24)19-8-4-2-6-15(19)26/h1-11,29H,12H2,(H,28,32). The van der Waals surface area contributed by atoms with Crippen molar-refractivity contribution >= 4 is 45.3 Å². The highest BCUT2D eigenvalue weighted by Gasteiger charge is 2.20. The second-order valence-corrected chi connectivity index (χ2v) is 8.28. The second kappa shape index (κ2) is 8.71. The van der Waals surface area contributed by atoms with Crippen molar-refractivity contribution in [2.45, 2.75) is 5.16 Å². The number of anilines is 1. The minimum absolute atomic E-state index is 0.0203. The quantitative estimate of drug-likeness (QED) is 0.274. The summed E-state index contributed by atoms with van der Waals surface area (Å²) in [5.74, 6) is -3.19. The van der Waals surface area contributed by atoms with Crippen LogP contribution in [-0.4, -0.2) is 26.2 Å². The fourth-order valence-electron chi connectivity index (χ4n) is 3.59. The third kappa shape index (κ3) is 3.92. The Balaban J connectivity index is 1.56. The predicted molar refractivity (Wildman–Crippen MR) is 125 cm³/mol. The number of amides is 1. The van der Waals surface area contributed by atoms with E-state index in [-0.39, 0.29) is 27.8 Å². The largest absolute Gasteiger partial charge is 0.349 e. The molecule has 10 heteroatoms. The van der Waals surface area contributed by atoms with Crippen LogP contribution in [0.1, 0.15) is 0 Å². The van der Waals surface area contributed by atoms with Gasteiger partial charge in [-0.3, -0.25) is 14.2 Å². The lowest BCUT2D eigenvalue weighted by atomic mass is 10.2. The van der Waals surface area contributed by atoms with Gasteiger partial charge in [-0.15, -0.1) is 0 Å². The van der Waals surface area contributed by atoms with Gasteiger partial charge in [0.25, 0.3) is 5.56 Å². The molecule has 5 rings (SSSR count). The lowest BCUT2D eigenvalue weighted by Crippen LogP contribution is -2.23. The predicted octanol–water partition coefficient (Wildman–Crippen LogP) is 5.02. The summed E-state index contributed by atoms with van der Waals surface area (Å²) >= 11 is 0.891. The molecule has 0 saturated heterocycles. The van der Waals surface area contributed by atoms with Gasteiger partial charge in [-0.25, -0.2) is 18.2 Å².